The van der Waals surface area contributed by atoms with Gasteiger partial charge >= 0.3 is 5.97 Å². The third-order valence-electron chi connectivity index (χ3n) is 3.04. The molecular weight excluding hydrogens is 268 g/mol. The summed E-state index contributed by atoms with van der Waals surface area (Å²) in [6.45, 7) is 8.63. The molecule has 0 saturated heterocycles. The highest BCUT2D eigenvalue weighted by molar-refractivity contribution is 8.03. The van der Waals surface area contributed by atoms with Crippen molar-refractivity contribution in [2.45, 2.75) is 53.4 Å². The van der Waals surface area contributed by atoms with Crippen molar-refractivity contribution in [2.75, 3.05) is 5.75 Å². The molecule has 0 aromatic rings. The number of rotatable bonds is 6. The molecule has 1 aliphatic carbocycles. The maximum atomic E-state index is 10.7. The average molecular weight is 294 g/mol. The summed E-state index contributed by atoms with van der Waals surface area (Å²) in [6.07, 6.45) is 8.24. The summed E-state index contributed by atoms with van der Waals surface area (Å²) in [4.78, 5) is 12.0. The van der Waals surface area contributed by atoms with Crippen LogP contribution in [0.5, 0.6) is 0 Å². The Morgan fingerprint density at radius 1 is 1.35 bits per heavy atom. The molecule has 1 N–H and O–H groups in total. The Kier molecular flexibility index (Phi) is 7.14. The smallest absolute Gasteiger partial charge is 0.304 e. The van der Waals surface area contributed by atoms with Crippen LogP contribution in [0.25, 0.3) is 0 Å². The second-order valence-electron chi connectivity index (χ2n) is 5.86. The van der Waals surface area contributed by atoms with E-state index in [1.807, 2.05) is 0 Å². The quantitative estimate of drug-likeness (QED) is 0.733. The summed E-state index contributed by atoms with van der Waals surface area (Å²) in [7, 11) is 0. The van der Waals surface area contributed by atoms with Crippen LogP contribution in [0.2, 0.25) is 0 Å². The second-order valence-corrected chi connectivity index (χ2v) is 6.96. The molecule has 0 heterocycles. The number of hydrogen-bond donors (Lipinski definition) is 1. The Hall–Kier alpha value is -0.960. The second kappa shape index (κ2) is 8.35. The first-order valence-electron chi connectivity index (χ1n) is 7.34. The minimum Gasteiger partial charge on any atom is -0.481 e. The van der Waals surface area contributed by atoms with Crippen molar-refractivity contribution in [1.29, 1.82) is 0 Å². The molecule has 0 amide bonds. The van der Waals surface area contributed by atoms with E-state index in [1.54, 1.807) is 11.8 Å². The molecule has 0 spiro atoms. The maximum absolute atomic E-state index is 10.7. The van der Waals surface area contributed by atoms with E-state index in [2.05, 4.69) is 39.8 Å². The fourth-order valence-corrected chi connectivity index (χ4v) is 3.56. The Bertz CT molecular complexity index is 438. The molecule has 0 unspecified atom stereocenters. The highest BCUT2D eigenvalue weighted by atomic mass is 32.2. The van der Waals surface area contributed by atoms with Crippen LogP contribution in [0.4, 0.5) is 0 Å². The Labute approximate surface area is 127 Å². The van der Waals surface area contributed by atoms with E-state index in [-0.39, 0.29) is 6.42 Å². The first kappa shape index (κ1) is 17.1. The lowest BCUT2D eigenvalue weighted by Gasteiger charge is -2.22. The zero-order valence-corrected chi connectivity index (χ0v) is 13.8. The van der Waals surface area contributed by atoms with E-state index >= 15 is 0 Å². The van der Waals surface area contributed by atoms with Crippen molar-refractivity contribution in [1.82, 2.24) is 0 Å². The van der Waals surface area contributed by atoms with Crippen LogP contribution in [0.15, 0.2) is 33.8 Å². The first-order chi connectivity index (χ1) is 9.40. The molecule has 0 radical (unpaired) electrons. The van der Waals surface area contributed by atoms with Crippen LogP contribution in [0, 0.1) is 5.92 Å². The van der Waals surface area contributed by atoms with Crippen molar-refractivity contribution >= 4 is 17.7 Å². The number of allylic oxidation sites excluding steroid dienone is 5. The molecule has 0 aliphatic heterocycles. The third kappa shape index (κ3) is 6.00. The van der Waals surface area contributed by atoms with Crippen molar-refractivity contribution in [3.05, 3.63) is 33.8 Å². The topological polar surface area (TPSA) is 37.3 Å². The molecule has 0 fully saturated rings. The zero-order chi connectivity index (χ0) is 15.1. The van der Waals surface area contributed by atoms with Gasteiger partial charge in [-0.2, -0.15) is 0 Å². The monoisotopic (exact) mass is 294 g/mol. The summed E-state index contributed by atoms with van der Waals surface area (Å²) in [5.74, 6) is 0.471. The van der Waals surface area contributed by atoms with Gasteiger partial charge in [0.1, 0.15) is 0 Å². The normalized spacial score (nSPS) is 17.8. The van der Waals surface area contributed by atoms with Gasteiger partial charge in [0.2, 0.25) is 0 Å². The molecule has 0 saturated carbocycles. The molecule has 2 nitrogen and oxygen atoms in total. The first-order valence-corrected chi connectivity index (χ1v) is 8.32. The SMILES string of the molecule is CC(C)=CC1=C(SCCC(=O)O)/C(=C/C(C)C)CCC1. The van der Waals surface area contributed by atoms with Crippen LogP contribution in [-0.2, 0) is 4.79 Å². The average Bonchev–Trinajstić information content (AvgIpc) is 2.30. The van der Waals surface area contributed by atoms with Crippen LogP contribution >= 0.6 is 11.8 Å². The van der Waals surface area contributed by atoms with Gasteiger partial charge in [-0.3, -0.25) is 4.79 Å². The standard InChI is InChI=1S/C17H26O2S/c1-12(2)10-14-6-5-7-15(11-13(3)4)17(14)20-9-8-16(18)19/h10-12H,5-9H2,1-4H3,(H,18,19)/b14-10+. The number of carboxylic acid groups (broad SMARTS) is 1. The summed E-state index contributed by atoms with van der Waals surface area (Å²) >= 11 is 1.71. The highest BCUT2D eigenvalue weighted by Gasteiger charge is 2.17. The van der Waals surface area contributed by atoms with Gasteiger partial charge in [-0.05, 0) is 50.2 Å². The molecular formula is C17H26O2S. The van der Waals surface area contributed by atoms with Crippen molar-refractivity contribution in [3.8, 4) is 0 Å². The molecule has 3 heteroatoms. The molecule has 0 atom stereocenters. The van der Waals surface area contributed by atoms with Crippen LogP contribution in [0.3, 0.4) is 0 Å². The number of aliphatic carboxylic acids is 1. The summed E-state index contributed by atoms with van der Waals surface area (Å²) < 4.78 is 0. The Morgan fingerprint density at radius 2 is 2.05 bits per heavy atom. The van der Waals surface area contributed by atoms with Gasteiger partial charge in [-0.25, -0.2) is 0 Å². The van der Waals surface area contributed by atoms with E-state index in [0.29, 0.717) is 11.7 Å². The van der Waals surface area contributed by atoms with Gasteiger partial charge in [0, 0.05) is 10.7 Å². The molecule has 112 valence electrons. The Balaban J connectivity index is 3.00. The van der Waals surface area contributed by atoms with Gasteiger partial charge in [0.25, 0.3) is 0 Å². The lowest BCUT2D eigenvalue weighted by atomic mass is 9.92. The molecule has 1 aliphatic rings. The lowest BCUT2D eigenvalue weighted by molar-refractivity contribution is -0.136. The van der Waals surface area contributed by atoms with E-state index in [4.69, 9.17) is 5.11 Å². The van der Waals surface area contributed by atoms with Crippen molar-refractivity contribution < 1.29 is 9.90 Å². The molecule has 1 rings (SSSR count). The van der Waals surface area contributed by atoms with Gasteiger partial charge in [-0.15, -0.1) is 11.8 Å². The van der Waals surface area contributed by atoms with E-state index in [9.17, 15) is 4.79 Å². The number of carbonyl (C=O) groups is 1. The number of carboxylic acids is 1. The minimum absolute atomic E-state index is 0.227. The van der Waals surface area contributed by atoms with Gasteiger partial charge in [0.05, 0.1) is 6.42 Å². The van der Waals surface area contributed by atoms with Gasteiger partial charge in [0.15, 0.2) is 0 Å². The highest BCUT2D eigenvalue weighted by Crippen LogP contribution is 2.39. The van der Waals surface area contributed by atoms with Crippen LogP contribution < -0.4 is 0 Å². The van der Waals surface area contributed by atoms with Crippen LogP contribution in [-0.4, -0.2) is 16.8 Å². The summed E-state index contributed by atoms with van der Waals surface area (Å²) in [5.41, 5.74) is 4.11. The summed E-state index contributed by atoms with van der Waals surface area (Å²) in [6, 6.07) is 0. The van der Waals surface area contributed by atoms with Crippen molar-refractivity contribution in [2.24, 2.45) is 5.92 Å². The fraction of sp³-hybridized carbons (Fsp3) is 0.588. The fourth-order valence-electron chi connectivity index (χ4n) is 2.38. The van der Waals surface area contributed by atoms with E-state index in [0.717, 1.165) is 12.8 Å². The Morgan fingerprint density at radius 3 is 2.60 bits per heavy atom. The van der Waals surface area contributed by atoms with Crippen LogP contribution in [0.1, 0.15) is 53.4 Å². The number of thioether (sulfide) groups is 1. The molecule has 0 aromatic heterocycles. The molecule has 0 bridgehead atoms. The van der Waals surface area contributed by atoms with Crippen molar-refractivity contribution in [3.63, 3.8) is 0 Å². The molecule has 20 heavy (non-hydrogen) atoms. The van der Waals surface area contributed by atoms with E-state index < -0.39 is 5.97 Å². The molecule has 0 aromatic carbocycles. The predicted octanol–water partition coefficient (Wildman–Crippen LogP) is 5.18. The van der Waals surface area contributed by atoms with E-state index in [1.165, 1.54) is 28.0 Å². The van der Waals surface area contributed by atoms with Gasteiger partial charge in [-0.1, -0.05) is 31.6 Å². The zero-order valence-electron chi connectivity index (χ0n) is 13.0. The predicted molar refractivity (Wildman–Crippen MR) is 87.9 cm³/mol. The minimum atomic E-state index is -0.716. The maximum Gasteiger partial charge on any atom is 0.304 e. The van der Waals surface area contributed by atoms with Gasteiger partial charge < -0.3 is 5.11 Å². The third-order valence-corrected chi connectivity index (χ3v) is 4.26. The number of hydrogen-bond acceptors (Lipinski definition) is 2. The largest absolute Gasteiger partial charge is 0.481 e. The summed E-state index contributed by atoms with van der Waals surface area (Å²) in [5, 5.41) is 8.81. The lowest BCUT2D eigenvalue weighted by Crippen LogP contribution is -2.04.